The fourth-order valence-corrected chi connectivity index (χ4v) is 1.26. The largest absolute Gasteiger partial charge is 0.288 e. The van der Waals surface area contributed by atoms with Gasteiger partial charge in [-0.2, -0.15) is 0 Å². The molecule has 0 aliphatic rings. The Balaban J connectivity index is 0.000000396. The maximum absolute atomic E-state index is 5.72. The number of halogens is 1. The van der Waals surface area contributed by atoms with Crippen molar-refractivity contribution < 1.29 is 0 Å². The molecule has 3 nitrogen and oxygen atoms in total. The summed E-state index contributed by atoms with van der Waals surface area (Å²) in [5.41, 5.74) is 1.04. The lowest BCUT2D eigenvalue weighted by Gasteiger charge is -1.97. The van der Waals surface area contributed by atoms with Gasteiger partial charge in [-0.25, -0.2) is 9.97 Å². The van der Waals surface area contributed by atoms with Gasteiger partial charge in [0.15, 0.2) is 0 Å². The van der Waals surface area contributed by atoms with Crippen molar-refractivity contribution in [2.24, 2.45) is 0 Å². The van der Waals surface area contributed by atoms with E-state index in [1.54, 1.807) is 12.3 Å². The van der Waals surface area contributed by atoms with Gasteiger partial charge in [-0.3, -0.25) is 4.40 Å². The lowest BCUT2D eigenvalue weighted by atomic mass is 10.4. The van der Waals surface area contributed by atoms with Crippen LogP contribution in [-0.2, 0) is 0 Å². The van der Waals surface area contributed by atoms with Gasteiger partial charge in [0.25, 0.3) is 0 Å². The Morgan fingerprint density at radius 1 is 1.38 bits per heavy atom. The molecule has 0 amide bonds. The topological polar surface area (TPSA) is 30.2 Å². The molecular formula is C9H12ClN3. The van der Waals surface area contributed by atoms with Gasteiger partial charge < -0.3 is 0 Å². The Kier molecular flexibility index (Phi) is 3.25. The molecule has 2 aromatic heterocycles. The molecule has 0 radical (unpaired) electrons. The minimum absolute atomic E-state index is 0.487. The van der Waals surface area contributed by atoms with Crippen molar-refractivity contribution in [3.8, 4) is 0 Å². The van der Waals surface area contributed by atoms with Gasteiger partial charge in [0.05, 0.1) is 0 Å². The van der Waals surface area contributed by atoms with Gasteiger partial charge >= 0.3 is 0 Å². The highest BCUT2D eigenvalue weighted by atomic mass is 35.5. The van der Waals surface area contributed by atoms with Crippen molar-refractivity contribution in [1.29, 1.82) is 0 Å². The number of rotatable bonds is 0. The second kappa shape index (κ2) is 4.23. The Morgan fingerprint density at radius 3 is 2.77 bits per heavy atom. The number of hydrogen-bond donors (Lipinski definition) is 0. The van der Waals surface area contributed by atoms with Crippen molar-refractivity contribution in [1.82, 2.24) is 14.4 Å². The summed E-state index contributed by atoms with van der Waals surface area (Å²) in [5.74, 6) is 0.648. The summed E-state index contributed by atoms with van der Waals surface area (Å²) >= 11 is 5.72. The third-order valence-corrected chi connectivity index (χ3v) is 1.73. The number of hydrogen-bond acceptors (Lipinski definition) is 2. The third kappa shape index (κ3) is 1.98. The molecule has 0 aromatic carbocycles. The molecule has 0 unspecified atom stereocenters. The second-order valence-electron chi connectivity index (χ2n) is 2.32. The molecule has 0 atom stereocenters. The molecular weight excluding hydrogens is 186 g/mol. The van der Waals surface area contributed by atoms with E-state index >= 15 is 0 Å². The average Bonchev–Trinajstić information content (AvgIpc) is 2.55. The van der Waals surface area contributed by atoms with E-state index in [1.807, 2.05) is 31.4 Å². The van der Waals surface area contributed by atoms with E-state index in [9.17, 15) is 0 Å². The molecule has 13 heavy (non-hydrogen) atoms. The zero-order valence-corrected chi connectivity index (χ0v) is 8.71. The first-order chi connectivity index (χ1) is 6.27. The van der Waals surface area contributed by atoms with Crippen LogP contribution in [0.3, 0.4) is 0 Å². The minimum Gasteiger partial charge on any atom is -0.288 e. The van der Waals surface area contributed by atoms with Gasteiger partial charge in [0.2, 0.25) is 5.78 Å². The van der Waals surface area contributed by atoms with Gasteiger partial charge in [-0.05, 0) is 13.0 Å². The van der Waals surface area contributed by atoms with Crippen LogP contribution in [0.5, 0.6) is 0 Å². The molecule has 70 valence electrons. The Labute approximate surface area is 82.4 Å². The molecule has 2 rings (SSSR count). The van der Waals surface area contributed by atoms with E-state index in [2.05, 4.69) is 9.97 Å². The lowest BCUT2D eigenvalue weighted by molar-refractivity contribution is 1.04. The van der Waals surface area contributed by atoms with Gasteiger partial charge in [0, 0.05) is 18.1 Å². The van der Waals surface area contributed by atoms with Crippen LogP contribution in [0, 0.1) is 6.92 Å². The van der Waals surface area contributed by atoms with E-state index in [0.29, 0.717) is 10.9 Å². The molecule has 0 saturated carbocycles. The standard InChI is InChI=1S/C7H6ClN3.C2H6/c1-5-4-6(8)10-7-9-2-3-11(5)7;1-2/h2-4H,1H3;1-2H3. The third-order valence-electron chi connectivity index (χ3n) is 1.54. The maximum atomic E-state index is 5.72. The lowest BCUT2D eigenvalue weighted by Crippen LogP contribution is -1.92. The van der Waals surface area contributed by atoms with Gasteiger partial charge in [-0.1, -0.05) is 25.4 Å². The summed E-state index contributed by atoms with van der Waals surface area (Å²) in [5, 5.41) is 0.487. The van der Waals surface area contributed by atoms with E-state index in [-0.39, 0.29) is 0 Å². The van der Waals surface area contributed by atoms with Crippen molar-refractivity contribution >= 4 is 17.4 Å². The van der Waals surface area contributed by atoms with Gasteiger partial charge in [-0.15, -0.1) is 0 Å². The van der Waals surface area contributed by atoms with Gasteiger partial charge in [0.1, 0.15) is 5.15 Å². The summed E-state index contributed by atoms with van der Waals surface area (Å²) in [6.45, 7) is 5.96. The Morgan fingerprint density at radius 2 is 2.08 bits per heavy atom. The normalized spacial score (nSPS) is 9.54. The first-order valence-corrected chi connectivity index (χ1v) is 4.61. The zero-order valence-electron chi connectivity index (χ0n) is 7.95. The highest BCUT2D eigenvalue weighted by molar-refractivity contribution is 6.29. The predicted molar refractivity (Wildman–Crippen MR) is 54.1 cm³/mol. The van der Waals surface area contributed by atoms with Crippen molar-refractivity contribution in [3.05, 3.63) is 29.3 Å². The second-order valence-corrected chi connectivity index (χ2v) is 2.70. The summed E-state index contributed by atoms with van der Waals surface area (Å²) in [7, 11) is 0. The molecule has 0 fully saturated rings. The molecule has 0 saturated heterocycles. The average molecular weight is 198 g/mol. The number of nitrogens with zero attached hydrogens (tertiary/aromatic N) is 3. The van der Waals surface area contributed by atoms with Crippen molar-refractivity contribution in [3.63, 3.8) is 0 Å². The molecule has 4 heteroatoms. The summed E-state index contributed by atoms with van der Waals surface area (Å²) in [4.78, 5) is 8.02. The van der Waals surface area contributed by atoms with Crippen LogP contribution >= 0.6 is 11.6 Å². The quantitative estimate of drug-likeness (QED) is 0.608. The summed E-state index contributed by atoms with van der Waals surface area (Å²) in [6.07, 6.45) is 3.56. The molecule has 2 heterocycles. The maximum Gasteiger partial charge on any atom is 0.235 e. The monoisotopic (exact) mass is 197 g/mol. The van der Waals surface area contributed by atoms with E-state index in [4.69, 9.17) is 11.6 Å². The minimum atomic E-state index is 0.487. The van der Waals surface area contributed by atoms with E-state index in [1.165, 1.54) is 0 Å². The Bertz CT molecular complexity index is 395. The van der Waals surface area contributed by atoms with Crippen molar-refractivity contribution in [2.75, 3.05) is 0 Å². The Hall–Kier alpha value is -1.09. The zero-order chi connectivity index (χ0) is 9.84. The van der Waals surface area contributed by atoms with Crippen LogP contribution in [-0.4, -0.2) is 14.4 Å². The number of imidazole rings is 1. The first kappa shape index (κ1) is 9.99. The number of aryl methyl sites for hydroxylation is 1. The fourth-order valence-electron chi connectivity index (χ4n) is 1.02. The van der Waals surface area contributed by atoms with E-state index in [0.717, 1.165) is 5.69 Å². The smallest absolute Gasteiger partial charge is 0.235 e. The van der Waals surface area contributed by atoms with Crippen LogP contribution in [0.2, 0.25) is 5.15 Å². The molecule has 0 bridgehead atoms. The molecule has 0 aliphatic heterocycles. The molecule has 0 N–H and O–H groups in total. The molecule has 2 aromatic rings. The van der Waals surface area contributed by atoms with E-state index < -0.39 is 0 Å². The summed E-state index contributed by atoms with van der Waals surface area (Å²) < 4.78 is 1.88. The first-order valence-electron chi connectivity index (χ1n) is 4.23. The fraction of sp³-hybridized carbons (Fsp3) is 0.333. The van der Waals surface area contributed by atoms with Crippen LogP contribution in [0.4, 0.5) is 0 Å². The van der Waals surface area contributed by atoms with Crippen LogP contribution in [0.25, 0.3) is 5.78 Å². The van der Waals surface area contributed by atoms with Crippen LogP contribution < -0.4 is 0 Å². The summed E-state index contributed by atoms with van der Waals surface area (Å²) in [6, 6.07) is 1.80. The molecule has 0 spiro atoms. The predicted octanol–water partition coefficient (Wildman–Crippen LogP) is 2.72. The highest BCUT2D eigenvalue weighted by Gasteiger charge is 1.99. The van der Waals surface area contributed by atoms with Crippen LogP contribution in [0.1, 0.15) is 19.5 Å². The SMILES string of the molecule is CC.Cc1cc(Cl)nc2nccn12. The molecule has 0 aliphatic carbocycles. The highest BCUT2D eigenvalue weighted by Crippen LogP contribution is 2.09. The number of aromatic nitrogens is 3. The van der Waals surface area contributed by atoms with Crippen molar-refractivity contribution in [2.45, 2.75) is 20.8 Å². The number of fused-ring (bicyclic) bond motifs is 1. The van der Waals surface area contributed by atoms with Crippen LogP contribution in [0.15, 0.2) is 18.5 Å².